The van der Waals surface area contributed by atoms with Crippen molar-refractivity contribution < 1.29 is 17.9 Å². The molecule has 1 aromatic rings. The molecule has 3 rings (SSSR count). The first-order valence-corrected chi connectivity index (χ1v) is 10.2. The predicted molar refractivity (Wildman–Crippen MR) is 95.7 cm³/mol. The summed E-state index contributed by atoms with van der Waals surface area (Å²) >= 11 is 0. The van der Waals surface area contributed by atoms with Gasteiger partial charge in [-0.15, -0.1) is 0 Å². The van der Waals surface area contributed by atoms with Crippen molar-refractivity contribution in [1.82, 2.24) is 9.21 Å². The van der Waals surface area contributed by atoms with Gasteiger partial charge in [0.15, 0.2) is 0 Å². The molecule has 2 heterocycles. The molecule has 25 heavy (non-hydrogen) atoms. The van der Waals surface area contributed by atoms with Crippen LogP contribution in [0.2, 0.25) is 0 Å². The van der Waals surface area contributed by atoms with Gasteiger partial charge in [0.1, 0.15) is 5.75 Å². The van der Waals surface area contributed by atoms with Crippen molar-refractivity contribution >= 4 is 15.9 Å². The molecule has 2 aliphatic heterocycles. The molecule has 3 atom stereocenters. The third kappa shape index (κ3) is 3.15. The minimum Gasteiger partial charge on any atom is -0.497 e. The Labute approximate surface area is 149 Å². The van der Waals surface area contributed by atoms with Gasteiger partial charge in [-0.25, -0.2) is 12.7 Å². The normalized spacial score (nSPS) is 26.9. The zero-order valence-electron chi connectivity index (χ0n) is 15.2. The number of rotatable bonds is 4. The molecule has 6 nitrogen and oxygen atoms in total. The number of nitrogens with zero attached hydrogens (tertiary/aromatic N) is 2. The standard InChI is InChI=1S/C18H26N2O4S/c1-12(2)25(22,23)19-9-15-10-20(13(3)21)18(17(15)11-19)14-5-7-16(24-4)8-6-14/h5-8,12,15,17-18H,9-11H2,1-4H3/t15-,17-,18+/m1/s1. The van der Waals surface area contributed by atoms with Gasteiger partial charge in [-0.2, -0.15) is 0 Å². The average molecular weight is 366 g/mol. The summed E-state index contributed by atoms with van der Waals surface area (Å²) in [5.41, 5.74) is 1.03. The molecule has 0 saturated carbocycles. The van der Waals surface area contributed by atoms with Crippen molar-refractivity contribution in [1.29, 1.82) is 0 Å². The molecule has 0 N–H and O–H groups in total. The lowest BCUT2D eigenvalue weighted by molar-refractivity contribution is -0.130. The van der Waals surface area contributed by atoms with E-state index in [1.165, 1.54) is 0 Å². The Kier molecular flexibility index (Phi) is 4.81. The summed E-state index contributed by atoms with van der Waals surface area (Å²) in [5, 5.41) is -0.422. The highest BCUT2D eigenvalue weighted by atomic mass is 32.2. The smallest absolute Gasteiger partial charge is 0.219 e. The highest BCUT2D eigenvalue weighted by Crippen LogP contribution is 2.46. The molecule has 0 aliphatic carbocycles. The molecule has 0 radical (unpaired) electrons. The second kappa shape index (κ2) is 6.61. The first-order valence-electron chi connectivity index (χ1n) is 8.65. The van der Waals surface area contributed by atoms with Crippen LogP contribution in [0.5, 0.6) is 5.75 Å². The molecular formula is C18H26N2O4S. The predicted octanol–water partition coefficient (Wildman–Crippen LogP) is 1.88. The monoisotopic (exact) mass is 366 g/mol. The lowest BCUT2D eigenvalue weighted by Gasteiger charge is -2.29. The van der Waals surface area contributed by atoms with Gasteiger partial charge in [-0.05, 0) is 37.5 Å². The van der Waals surface area contributed by atoms with E-state index in [0.29, 0.717) is 19.6 Å². The number of methoxy groups -OCH3 is 1. The van der Waals surface area contributed by atoms with Crippen LogP contribution in [0.25, 0.3) is 0 Å². The molecule has 1 aromatic carbocycles. The van der Waals surface area contributed by atoms with Gasteiger partial charge >= 0.3 is 0 Å². The number of amides is 1. The Hall–Kier alpha value is -1.60. The molecule has 0 aromatic heterocycles. The molecule has 2 saturated heterocycles. The van der Waals surface area contributed by atoms with Gasteiger partial charge in [0.2, 0.25) is 15.9 Å². The molecule has 2 aliphatic rings. The SMILES string of the molecule is COc1ccc([C@H]2[C@@H]3CN(S(=O)(=O)C(C)C)C[C@@H]3CN2C(C)=O)cc1. The van der Waals surface area contributed by atoms with E-state index in [2.05, 4.69) is 0 Å². The van der Waals surface area contributed by atoms with Crippen LogP contribution >= 0.6 is 0 Å². The number of ether oxygens (including phenoxy) is 1. The van der Waals surface area contributed by atoms with E-state index in [1.54, 1.807) is 32.2 Å². The van der Waals surface area contributed by atoms with E-state index in [-0.39, 0.29) is 23.8 Å². The Morgan fingerprint density at radius 1 is 1.16 bits per heavy atom. The van der Waals surface area contributed by atoms with Crippen LogP contribution < -0.4 is 4.74 Å². The second-order valence-electron chi connectivity index (χ2n) is 7.22. The van der Waals surface area contributed by atoms with E-state index >= 15 is 0 Å². The summed E-state index contributed by atoms with van der Waals surface area (Å²) in [6.07, 6.45) is 0. The van der Waals surface area contributed by atoms with E-state index in [0.717, 1.165) is 11.3 Å². The molecule has 0 spiro atoms. The largest absolute Gasteiger partial charge is 0.497 e. The topological polar surface area (TPSA) is 66.9 Å². The summed E-state index contributed by atoms with van der Waals surface area (Å²) in [7, 11) is -1.64. The van der Waals surface area contributed by atoms with E-state index in [1.807, 2.05) is 29.2 Å². The van der Waals surface area contributed by atoms with Crippen LogP contribution in [0, 0.1) is 11.8 Å². The van der Waals surface area contributed by atoms with Crippen LogP contribution in [0.15, 0.2) is 24.3 Å². The Morgan fingerprint density at radius 3 is 2.32 bits per heavy atom. The fourth-order valence-electron chi connectivity index (χ4n) is 4.06. The fourth-order valence-corrected chi connectivity index (χ4v) is 5.44. The lowest BCUT2D eigenvalue weighted by atomic mass is 9.89. The van der Waals surface area contributed by atoms with Gasteiger partial charge in [-0.1, -0.05) is 12.1 Å². The first-order chi connectivity index (χ1) is 11.8. The van der Waals surface area contributed by atoms with Gasteiger partial charge in [0.05, 0.1) is 18.4 Å². The fraction of sp³-hybridized carbons (Fsp3) is 0.611. The first kappa shape index (κ1) is 18.2. The number of sulfonamides is 1. The molecule has 7 heteroatoms. The second-order valence-corrected chi connectivity index (χ2v) is 9.71. The maximum atomic E-state index is 12.5. The maximum Gasteiger partial charge on any atom is 0.219 e. The quantitative estimate of drug-likeness (QED) is 0.816. The number of carbonyl (C=O) groups is 1. The summed E-state index contributed by atoms with van der Waals surface area (Å²) in [4.78, 5) is 14.0. The third-order valence-electron chi connectivity index (χ3n) is 5.45. The van der Waals surface area contributed by atoms with Crippen molar-refractivity contribution in [2.45, 2.75) is 32.1 Å². The summed E-state index contributed by atoms with van der Waals surface area (Å²) in [6, 6.07) is 7.64. The van der Waals surface area contributed by atoms with Crippen LogP contribution in [0.1, 0.15) is 32.4 Å². The molecular weight excluding hydrogens is 340 g/mol. The minimum absolute atomic E-state index is 0.0356. The highest BCUT2D eigenvalue weighted by Gasteiger charge is 2.51. The molecule has 0 unspecified atom stereocenters. The van der Waals surface area contributed by atoms with Crippen LogP contribution in [0.4, 0.5) is 0 Å². The Balaban J connectivity index is 1.90. The van der Waals surface area contributed by atoms with Gasteiger partial charge in [-0.3, -0.25) is 4.79 Å². The summed E-state index contributed by atoms with van der Waals surface area (Å²) in [5.74, 6) is 1.12. The maximum absolute atomic E-state index is 12.5. The zero-order valence-corrected chi connectivity index (χ0v) is 16.0. The molecule has 1 amide bonds. The van der Waals surface area contributed by atoms with Crippen LogP contribution in [-0.2, 0) is 14.8 Å². The van der Waals surface area contributed by atoms with Crippen LogP contribution in [0.3, 0.4) is 0 Å². The number of hydrogen-bond acceptors (Lipinski definition) is 4. The van der Waals surface area contributed by atoms with Gasteiger partial charge < -0.3 is 9.64 Å². The van der Waals surface area contributed by atoms with Crippen molar-refractivity contribution in [3.8, 4) is 5.75 Å². The van der Waals surface area contributed by atoms with Crippen molar-refractivity contribution in [2.75, 3.05) is 26.7 Å². The number of fused-ring (bicyclic) bond motifs is 1. The Bertz CT molecular complexity index is 745. The molecule has 2 fully saturated rings. The average Bonchev–Trinajstić information content (AvgIpc) is 3.12. The van der Waals surface area contributed by atoms with Gasteiger partial charge in [0.25, 0.3) is 0 Å². The van der Waals surface area contributed by atoms with E-state index in [4.69, 9.17) is 4.74 Å². The van der Waals surface area contributed by atoms with Crippen molar-refractivity contribution in [3.63, 3.8) is 0 Å². The van der Waals surface area contributed by atoms with Crippen molar-refractivity contribution in [2.24, 2.45) is 11.8 Å². The van der Waals surface area contributed by atoms with Crippen molar-refractivity contribution in [3.05, 3.63) is 29.8 Å². The Morgan fingerprint density at radius 2 is 1.80 bits per heavy atom. The summed E-state index contributed by atoms with van der Waals surface area (Å²) < 4.78 is 31.9. The highest BCUT2D eigenvalue weighted by molar-refractivity contribution is 7.89. The van der Waals surface area contributed by atoms with Gasteiger partial charge in [0, 0.05) is 32.5 Å². The molecule has 0 bridgehead atoms. The number of likely N-dealkylation sites (tertiary alicyclic amines) is 1. The van der Waals surface area contributed by atoms with Crippen LogP contribution in [-0.4, -0.2) is 55.5 Å². The number of hydrogen-bond donors (Lipinski definition) is 0. The lowest BCUT2D eigenvalue weighted by Crippen LogP contribution is -2.39. The summed E-state index contributed by atoms with van der Waals surface area (Å²) in [6.45, 7) is 6.60. The molecule has 138 valence electrons. The number of carbonyl (C=O) groups excluding carboxylic acids is 1. The number of benzene rings is 1. The third-order valence-corrected chi connectivity index (χ3v) is 7.66. The minimum atomic E-state index is -3.26. The van der Waals surface area contributed by atoms with E-state index in [9.17, 15) is 13.2 Å². The van der Waals surface area contributed by atoms with E-state index < -0.39 is 15.3 Å². The zero-order chi connectivity index (χ0) is 18.4.